The van der Waals surface area contributed by atoms with E-state index in [2.05, 4.69) is 0 Å². The summed E-state index contributed by atoms with van der Waals surface area (Å²) in [6.07, 6.45) is 0. The summed E-state index contributed by atoms with van der Waals surface area (Å²) in [5.74, 6) is 0.571. The Hall–Kier alpha value is -3.69. The van der Waals surface area contributed by atoms with E-state index in [-0.39, 0.29) is 28.4 Å². The number of primary amides is 1. The van der Waals surface area contributed by atoms with E-state index in [4.69, 9.17) is 20.3 Å². The molecule has 0 radical (unpaired) electrons. The molecule has 38 heavy (non-hydrogen) atoms. The van der Waals surface area contributed by atoms with Gasteiger partial charge in [0.05, 0.1) is 19.1 Å². The van der Waals surface area contributed by atoms with Crippen molar-refractivity contribution in [3.8, 4) is 11.5 Å². The van der Waals surface area contributed by atoms with E-state index in [9.17, 15) is 18.0 Å². The minimum atomic E-state index is -3.75. The number of benzene rings is 3. The van der Waals surface area contributed by atoms with Crippen LogP contribution in [0.2, 0.25) is 0 Å². The predicted octanol–water partition coefficient (Wildman–Crippen LogP) is 4.74. The number of ether oxygens (including phenoxy) is 2. The van der Waals surface area contributed by atoms with Gasteiger partial charge in [0.15, 0.2) is 0 Å². The van der Waals surface area contributed by atoms with Crippen molar-refractivity contribution in [1.82, 2.24) is 0 Å². The van der Waals surface area contributed by atoms with Gasteiger partial charge in [0.2, 0.25) is 15.9 Å². The molecule has 4 N–H and O–H groups in total. The number of ketones is 1. The van der Waals surface area contributed by atoms with E-state index < -0.39 is 15.9 Å². The van der Waals surface area contributed by atoms with Gasteiger partial charge in [-0.15, -0.1) is 0 Å². The van der Waals surface area contributed by atoms with Gasteiger partial charge in [0.25, 0.3) is 0 Å². The maximum absolute atomic E-state index is 12.9. The second kappa shape index (κ2) is 13.2. The molecule has 9 heteroatoms. The number of carbonyl (C=O) groups is 2. The first-order valence-electron chi connectivity index (χ1n) is 12.1. The summed E-state index contributed by atoms with van der Waals surface area (Å²) in [5, 5.41) is 5.01. The maximum atomic E-state index is 12.9. The van der Waals surface area contributed by atoms with Crippen LogP contribution in [0.15, 0.2) is 71.6 Å². The minimum Gasteiger partial charge on any atom is -0.496 e. The molecule has 0 fully saturated rings. The van der Waals surface area contributed by atoms with Crippen molar-refractivity contribution in [2.45, 2.75) is 50.3 Å². The standard InChI is InChI=1S/C19H22O3.C10H14N2O3S/c1-13(15-9-5-7-11-17(15)21-3)19(20)14(2)16-10-6-8-12-18(16)22-4;1-6(2)9-5-7(16(12,14)15)3-4-8(9)10(11)13/h5-14H,1-4H3;3-6H,1-2H3,(H2,11,13)(H2,12,14,15). The van der Waals surface area contributed by atoms with Crippen LogP contribution in [0.5, 0.6) is 11.5 Å². The lowest BCUT2D eigenvalue weighted by Crippen LogP contribution is -2.17. The van der Waals surface area contributed by atoms with Crippen LogP contribution in [0.25, 0.3) is 0 Å². The number of hydrogen-bond acceptors (Lipinski definition) is 6. The number of carbonyl (C=O) groups excluding carboxylic acids is 2. The molecule has 0 spiro atoms. The van der Waals surface area contributed by atoms with Crippen LogP contribution in [0.3, 0.4) is 0 Å². The zero-order chi connectivity index (χ0) is 28.6. The molecule has 3 rings (SSSR count). The fourth-order valence-electron chi connectivity index (χ4n) is 4.15. The number of rotatable bonds is 9. The highest BCUT2D eigenvalue weighted by Crippen LogP contribution is 2.34. The molecular weight excluding hydrogens is 504 g/mol. The lowest BCUT2D eigenvalue weighted by Gasteiger charge is -2.20. The van der Waals surface area contributed by atoms with Gasteiger partial charge in [-0.1, -0.05) is 64.1 Å². The van der Waals surface area contributed by atoms with Crippen LogP contribution in [0, 0.1) is 0 Å². The first-order chi connectivity index (χ1) is 17.8. The molecule has 8 nitrogen and oxygen atoms in total. The van der Waals surface area contributed by atoms with Crippen LogP contribution < -0.4 is 20.3 Å². The Morgan fingerprint density at radius 1 is 0.737 bits per heavy atom. The third-order valence-electron chi connectivity index (χ3n) is 6.30. The summed E-state index contributed by atoms with van der Waals surface area (Å²) in [7, 11) is -0.504. The summed E-state index contributed by atoms with van der Waals surface area (Å²) in [5.41, 5.74) is 7.92. The fraction of sp³-hybridized carbons (Fsp3) is 0.310. The Morgan fingerprint density at radius 3 is 1.55 bits per heavy atom. The number of para-hydroxylation sites is 2. The maximum Gasteiger partial charge on any atom is 0.248 e. The van der Waals surface area contributed by atoms with Crippen LogP contribution in [0.4, 0.5) is 0 Å². The molecule has 0 saturated carbocycles. The van der Waals surface area contributed by atoms with Gasteiger partial charge in [-0.2, -0.15) is 0 Å². The van der Waals surface area contributed by atoms with Crippen LogP contribution in [-0.4, -0.2) is 34.3 Å². The van der Waals surface area contributed by atoms with Crippen LogP contribution in [0.1, 0.15) is 72.5 Å². The topological polar surface area (TPSA) is 139 Å². The van der Waals surface area contributed by atoms with Gasteiger partial charge in [-0.05, 0) is 41.8 Å². The highest BCUT2D eigenvalue weighted by Gasteiger charge is 2.26. The predicted molar refractivity (Wildman–Crippen MR) is 148 cm³/mol. The zero-order valence-electron chi connectivity index (χ0n) is 22.6. The zero-order valence-corrected chi connectivity index (χ0v) is 23.4. The van der Waals surface area contributed by atoms with E-state index in [0.717, 1.165) is 22.6 Å². The normalized spacial score (nSPS) is 12.6. The number of sulfonamides is 1. The highest BCUT2D eigenvalue weighted by molar-refractivity contribution is 7.89. The van der Waals surface area contributed by atoms with Crippen molar-refractivity contribution >= 4 is 21.7 Å². The summed E-state index contributed by atoms with van der Waals surface area (Å²) < 4.78 is 33.0. The molecule has 204 valence electrons. The number of amides is 1. The van der Waals surface area contributed by atoms with Crippen molar-refractivity contribution in [3.05, 3.63) is 89.0 Å². The third kappa shape index (κ3) is 7.43. The second-order valence-corrected chi connectivity index (χ2v) is 10.7. The van der Waals surface area contributed by atoms with Crippen molar-refractivity contribution < 1.29 is 27.5 Å². The smallest absolute Gasteiger partial charge is 0.248 e. The average Bonchev–Trinajstić information content (AvgIpc) is 2.91. The molecular formula is C29H36N2O6S. The Morgan fingerprint density at radius 2 is 1.18 bits per heavy atom. The Balaban J connectivity index is 0.000000281. The van der Waals surface area contributed by atoms with Crippen molar-refractivity contribution in [3.63, 3.8) is 0 Å². The molecule has 3 aromatic carbocycles. The largest absolute Gasteiger partial charge is 0.496 e. The van der Waals surface area contributed by atoms with Crippen LogP contribution >= 0.6 is 0 Å². The summed E-state index contributed by atoms with van der Waals surface area (Å²) >= 11 is 0. The van der Waals surface area contributed by atoms with E-state index in [1.807, 2.05) is 76.2 Å². The molecule has 0 saturated heterocycles. The van der Waals surface area contributed by atoms with Gasteiger partial charge in [-0.25, -0.2) is 13.6 Å². The van der Waals surface area contributed by atoms with E-state index >= 15 is 0 Å². The van der Waals surface area contributed by atoms with Gasteiger partial charge >= 0.3 is 0 Å². The molecule has 2 atom stereocenters. The van der Waals surface area contributed by atoms with Gasteiger partial charge in [-0.3, -0.25) is 9.59 Å². The lowest BCUT2D eigenvalue weighted by molar-refractivity contribution is -0.121. The molecule has 3 aromatic rings. The first kappa shape index (κ1) is 30.5. The minimum absolute atomic E-state index is 0.0100. The molecule has 0 bridgehead atoms. The van der Waals surface area contributed by atoms with Gasteiger partial charge < -0.3 is 15.2 Å². The van der Waals surface area contributed by atoms with E-state index in [1.54, 1.807) is 14.2 Å². The molecule has 1 amide bonds. The second-order valence-electron chi connectivity index (χ2n) is 9.14. The number of methoxy groups -OCH3 is 2. The monoisotopic (exact) mass is 540 g/mol. The SMILES string of the molecule is CC(C)c1cc(S(N)(=O)=O)ccc1C(N)=O.COc1ccccc1C(C)C(=O)C(C)c1ccccc1OC. The molecule has 0 aromatic heterocycles. The fourth-order valence-corrected chi connectivity index (χ4v) is 4.70. The lowest BCUT2D eigenvalue weighted by atomic mass is 9.85. The Kier molecular flexibility index (Phi) is 10.6. The van der Waals surface area contributed by atoms with Crippen molar-refractivity contribution in [2.24, 2.45) is 10.9 Å². The number of primary sulfonamides is 1. The van der Waals surface area contributed by atoms with E-state index in [1.165, 1.54) is 18.2 Å². The molecule has 2 unspecified atom stereocenters. The first-order valence-corrected chi connectivity index (χ1v) is 13.6. The van der Waals surface area contributed by atoms with Crippen molar-refractivity contribution in [1.29, 1.82) is 0 Å². The third-order valence-corrected chi connectivity index (χ3v) is 7.21. The van der Waals surface area contributed by atoms with E-state index in [0.29, 0.717) is 11.1 Å². The molecule has 0 heterocycles. The Bertz CT molecular complexity index is 1330. The summed E-state index contributed by atoms with van der Waals surface area (Å²) in [6.45, 7) is 7.53. The number of nitrogens with two attached hydrogens (primary N) is 2. The Labute approximate surface area is 225 Å². The summed E-state index contributed by atoms with van der Waals surface area (Å²) in [4.78, 5) is 24.0. The van der Waals surface area contributed by atoms with Crippen LogP contribution in [-0.2, 0) is 14.8 Å². The molecule has 0 aliphatic carbocycles. The summed E-state index contributed by atoms with van der Waals surface area (Å²) in [6, 6.07) is 19.4. The molecule has 0 aliphatic heterocycles. The number of hydrogen-bond donors (Lipinski definition) is 2. The average molecular weight is 541 g/mol. The highest BCUT2D eigenvalue weighted by atomic mass is 32.2. The van der Waals surface area contributed by atoms with Gasteiger partial charge in [0.1, 0.15) is 17.3 Å². The quantitative estimate of drug-likeness (QED) is 0.402. The number of Topliss-reactive ketones (excluding diaryl/α,β-unsaturated/α-hetero) is 1. The van der Waals surface area contributed by atoms with Gasteiger partial charge in [0, 0.05) is 28.5 Å². The molecule has 0 aliphatic rings. The van der Waals surface area contributed by atoms with Crippen molar-refractivity contribution in [2.75, 3.05) is 14.2 Å².